The van der Waals surface area contributed by atoms with E-state index in [0.29, 0.717) is 11.1 Å². The Kier molecular flexibility index (Phi) is 5.91. The zero-order valence-corrected chi connectivity index (χ0v) is 14.3. The lowest BCUT2D eigenvalue weighted by Gasteiger charge is -2.15. The van der Waals surface area contributed by atoms with Crippen LogP contribution in [0.5, 0.6) is 0 Å². The topological polar surface area (TPSA) is 12.0 Å². The maximum atomic E-state index is 6.16. The van der Waals surface area contributed by atoms with Gasteiger partial charge in [-0.3, -0.25) is 0 Å². The summed E-state index contributed by atoms with van der Waals surface area (Å²) in [6, 6.07) is 14.3. The lowest BCUT2D eigenvalue weighted by molar-refractivity contribution is 0.576. The molecule has 0 heterocycles. The minimum absolute atomic E-state index is 0.304. The van der Waals surface area contributed by atoms with Crippen molar-refractivity contribution in [3.05, 3.63) is 68.1 Å². The number of hydrogen-bond acceptors (Lipinski definition) is 1. The Balaban J connectivity index is 1.89. The van der Waals surface area contributed by atoms with Gasteiger partial charge in [0.15, 0.2) is 0 Å². The molecule has 1 nitrogen and oxygen atoms in total. The summed E-state index contributed by atoms with van der Waals surface area (Å²) in [5, 5.41) is 4.91. The van der Waals surface area contributed by atoms with E-state index in [4.69, 9.17) is 23.2 Å². The van der Waals surface area contributed by atoms with Gasteiger partial charge in [0.1, 0.15) is 0 Å². The zero-order chi connectivity index (χ0) is 14.5. The highest BCUT2D eigenvalue weighted by Crippen LogP contribution is 2.22. The standard InChI is InChI=1S/C16H16BrCl2N/c1-11(13-3-2-4-14(17)9-13)20-8-7-12-5-6-15(18)10-16(12)19/h2-6,9-11,20H,7-8H2,1H3. The summed E-state index contributed by atoms with van der Waals surface area (Å²) in [4.78, 5) is 0. The summed E-state index contributed by atoms with van der Waals surface area (Å²) in [7, 11) is 0. The molecule has 0 bridgehead atoms. The maximum Gasteiger partial charge on any atom is 0.0453 e. The highest BCUT2D eigenvalue weighted by molar-refractivity contribution is 9.10. The first-order chi connectivity index (χ1) is 9.56. The second kappa shape index (κ2) is 7.46. The molecule has 20 heavy (non-hydrogen) atoms. The molecule has 0 spiro atoms. The van der Waals surface area contributed by atoms with Crippen LogP contribution in [0.15, 0.2) is 46.9 Å². The van der Waals surface area contributed by atoms with Crippen molar-refractivity contribution >= 4 is 39.1 Å². The summed E-state index contributed by atoms with van der Waals surface area (Å²) in [6.07, 6.45) is 0.883. The van der Waals surface area contributed by atoms with Gasteiger partial charge < -0.3 is 5.32 Å². The minimum atomic E-state index is 0.304. The van der Waals surface area contributed by atoms with E-state index in [1.165, 1.54) is 5.56 Å². The SMILES string of the molecule is CC(NCCc1ccc(Cl)cc1Cl)c1cccc(Br)c1. The monoisotopic (exact) mass is 371 g/mol. The summed E-state index contributed by atoms with van der Waals surface area (Å²) >= 11 is 15.5. The van der Waals surface area contributed by atoms with E-state index in [2.05, 4.69) is 40.3 Å². The zero-order valence-electron chi connectivity index (χ0n) is 11.2. The second-order valence-corrected chi connectivity index (χ2v) is 6.48. The molecule has 1 unspecified atom stereocenters. The molecule has 0 saturated carbocycles. The lowest BCUT2D eigenvalue weighted by Crippen LogP contribution is -2.21. The number of nitrogens with one attached hydrogen (secondary N) is 1. The Bertz CT molecular complexity index is 586. The van der Waals surface area contributed by atoms with E-state index in [1.807, 2.05) is 24.3 Å². The van der Waals surface area contributed by atoms with Crippen molar-refractivity contribution in [3.8, 4) is 0 Å². The molecule has 2 aromatic carbocycles. The highest BCUT2D eigenvalue weighted by Gasteiger charge is 2.06. The van der Waals surface area contributed by atoms with Crippen molar-refractivity contribution in [2.24, 2.45) is 0 Å². The molecular weight excluding hydrogens is 357 g/mol. The van der Waals surface area contributed by atoms with Crippen LogP contribution in [0.1, 0.15) is 24.1 Å². The van der Waals surface area contributed by atoms with Gasteiger partial charge in [0, 0.05) is 20.6 Å². The first kappa shape index (κ1) is 15.8. The van der Waals surface area contributed by atoms with Crippen molar-refractivity contribution in [1.82, 2.24) is 5.32 Å². The average molecular weight is 373 g/mol. The molecular formula is C16H16BrCl2N. The van der Waals surface area contributed by atoms with Gasteiger partial charge in [-0.05, 0) is 55.3 Å². The van der Waals surface area contributed by atoms with Gasteiger partial charge in [-0.1, -0.05) is 57.3 Å². The van der Waals surface area contributed by atoms with Crippen molar-refractivity contribution < 1.29 is 0 Å². The van der Waals surface area contributed by atoms with Crippen molar-refractivity contribution in [2.45, 2.75) is 19.4 Å². The van der Waals surface area contributed by atoms with Crippen LogP contribution in [0.25, 0.3) is 0 Å². The highest BCUT2D eigenvalue weighted by atomic mass is 79.9. The van der Waals surface area contributed by atoms with Crippen LogP contribution in [0.4, 0.5) is 0 Å². The molecule has 0 fully saturated rings. The lowest BCUT2D eigenvalue weighted by atomic mass is 10.1. The molecule has 2 rings (SSSR count). The van der Waals surface area contributed by atoms with E-state index in [-0.39, 0.29) is 0 Å². The maximum absolute atomic E-state index is 6.16. The summed E-state index contributed by atoms with van der Waals surface area (Å²) < 4.78 is 1.10. The van der Waals surface area contributed by atoms with E-state index >= 15 is 0 Å². The molecule has 1 atom stereocenters. The molecule has 1 N–H and O–H groups in total. The fraction of sp³-hybridized carbons (Fsp3) is 0.250. The summed E-state index contributed by atoms with van der Waals surface area (Å²) in [6.45, 7) is 3.03. The third-order valence-corrected chi connectivity index (χ3v) is 4.29. The van der Waals surface area contributed by atoms with E-state index < -0.39 is 0 Å². The third kappa shape index (κ3) is 4.49. The predicted octanol–water partition coefficient (Wildman–Crippen LogP) is 5.65. The Labute approximate surface area is 138 Å². The van der Waals surface area contributed by atoms with Gasteiger partial charge in [-0.15, -0.1) is 0 Å². The normalized spacial score (nSPS) is 12.4. The molecule has 106 valence electrons. The summed E-state index contributed by atoms with van der Waals surface area (Å²) in [5.41, 5.74) is 2.38. The van der Waals surface area contributed by atoms with Crippen molar-refractivity contribution in [2.75, 3.05) is 6.54 Å². The molecule has 0 aromatic heterocycles. The number of halogens is 3. The minimum Gasteiger partial charge on any atom is -0.310 e. The van der Waals surface area contributed by atoms with Gasteiger partial charge >= 0.3 is 0 Å². The van der Waals surface area contributed by atoms with Crippen LogP contribution >= 0.6 is 39.1 Å². The van der Waals surface area contributed by atoms with Gasteiger partial charge in [0.05, 0.1) is 0 Å². The van der Waals surface area contributed by atoms with Crippen LogP contribution in [0.3, 0.4) is 0 Å². The Morgan fingerprint density at radius 3 is 2.65 bits per heavy atom. The Hall–Kier alpha value is -0.540. The van der Waals surface area contributed by atoms with Crippen LogP contribution in [-0.2, 0) is 6.42 Å². The van der Waals surface area contributed by atoms with Crippen LogP contribution in [0, 0.1) is 0 Å². The van der Waals surface area contributed by atoms with Gasteiger partial charge in [0.25, 0.3) is 0 Å². The van der Waals surface area contributed by atoms with Crippen LogP contribution in [-0.4, -0.2) is 6.54 Å². The molecule has 0 amide bonds. The van der Waals surface area contributed by atoms with Crippen LogP contribution < -0.4 is 5.32 Å². The van der Waals surface area contributed by atoms with E-state index in [1.54, 1.807) is 6.07 Å². The number of rotatable bonds is 5. The third-order valence-electron chi connectivity index (χ3n) is 3.21. The molecule has 4 heteroatoms. The molecule has 2 aromatic rings. The van der Waals surface area contributed by atoms with Gasteiger partial charge in [-0.2, -0.15) is 0 Å². The van der Waals surface area contributed by atoms with Gasteiger partial charge in [-0.25, -0.2) is 0 Å². The van der Waals surface area contributed by atoms with Crippen LogP contribution in [0.2, 0.25) is 10.0 Å². The van der Waals surface area contributed by atoms with Crippen molar-refractivity contribution in [3.63, 3.8) is 0 Å². The smallest absolute Gasteiger partial charge is 0.0453 e. The first-order valence-electron chi connectivity index (χ1n) is 6.49. The van der Waals surface area contributed by atoms with Crippen molar-refractivity contribution in [1.29, 1.82) is 0 Å². The molecule has 0 radical (unpaired) electrons. The van der Waals surface area contributed by atoms with Gasteiger partial charge in [0.2, 0.25) is 0 Å². The average Bonchev–Trinajstić information content (AvgIpc) is 2.41. The predicted molar refractivity (Wildman–Crippen MR) is 90.7 cm³/mol. The Morgan fingerprint density at radius 2 is 1.95 bits per heavy atom. The molecule has 0 aliphatic rings. The molecule has 0 aliphatic carbocycles. The molecule has 0 aliphatic heterocycles. The molecule has 0 saturated heterocycles. The quantitative estimate of drug-likeness (QED) is 0.714. The number of hydrogen-bond donors (Lipinski definition) is 1. The van der Waals surface area contributed by atoms with E-state index in [0.717, 1.165) is 28.0 Å². The fourth-order valence-corrected chi connectivity index (χ4v) is 2.96. The second-order valence-electron chi connectivity index (χ2n) is 4.72. The number of benzene rings is 2. The fourth-order valence-electron chi connectivity index (χ4n) is 2.04. The Morgan fingerprint density at radius 1 is 1.15 bits per heavy atom. The van der Waals surface area contributed by atoms with E-state index in [9.17, 15) is 0 Å². The summed E-state index contributed by atoms with van der Waals surface area (Å²) in [5.74, 6) is 0. The first-order valence-corrected chi connectivity index (χ1v) is 8.04. The largest absolute Gasteiger partial charge is 0.310 e.